The molecule has 0 amide bonds. The molecule has 1 aromatic carbocycles. The van der Waals surface area contributed by atoms with Crippen LogP contribution in [0.15, 0.2) is 18.2 Å². The molecule has 0 fully saturated rings. The number of rotatable bonds is 3. The third kappa shape index (κ3) is 2.39. The first-order valence-corrected chi connectivity index (χ1v) is 4.98. The lowest BCUT2D eigenvalue weighted by Crippen LogP contribution is -2.24. The quantitative estimate of drug-likeness (QED) is 0.669. The van der Waals surface area contributed by atoms with Crippen LogP contribution >= 0.6 is 15.9 Å². The van der Waals surface area contributed by atoms with E-state index >= 15 is 0 Å². The van der Waals surface area contributed by atoms with Crippen molar-refractivity contribution in [2.24, 2.45) is 5.73 Å². The molecule has 0 aliphatic rings. The Morgan fingerprint density at radius 1 is 1.21 bits per heavy atom. The summed E-state index contributed by atoms with van der Waals surface area (Å²) in [7, 11) is 3.21. The SMILES string of the molecule is COc1ccc(C(C)(N)Br)cc1OC. The Balaban J connectivity index is 3.14. The highest BCUT2D eigenvalue weighted by atomic mass is 79.9. The maximum Gasteiger partial charge on any atom is 0.161 e. The maximum atomic E-state index is 5.89. The second-order valence-electron chi connectivity index (χ2n) is 3.15. The minimum atomic E-state index is -0.549. The van der Waals surface area contributed by atoms with Crippen molar-refractivity contribution in [3.8, 4) is 11.5 Å². The lowest BCUT2D eigenvalue weighted by molar-refractivity contribution is 0.354. The van der Waals surface area contributed by atoms with Gasteiger partial charge in [-0.1, -0.05) is 22.0 Å². The first-order chi connectivity index (χ1) is 6.49. The maximum absolute atomic E-state index is 5.89. The van der Waals surface area contributed by atoms with Gasteiger partial charge in [0.15, 0.2) is 11.5 Å². The summed E-state index contributed by atoms with van der Waals surface area (Å²) in [4.78, 5) is 0. The molecule has 0 saturated heterocycles. The third-order valence-corrected chi connectivity index (χ3v) is 2.41. The van der Waals surface area contributed by atoms with E-state index in [4.69, 9.17) is 15.2 Å². The minimum absolute atomic E-state index is 0.549. The third-order valence-electron chi connectivity index (χ3n) is 1.95. The van der Waals surface area contributed by atoms with Crippen LogP contribution in [0.25, 0.3) is 0 Å². The van der Waals surface area contributed by atoms with Gasteiger partial charge in [-0.05, 0) is 24.6 Å². The first-order valence-electron chi connectivity index (χ1n) is 4.19. The second-order valence-corrected chi connectivity index (χ2v) is 4.79. The van der Waals surface area contributed by atoms with E-state index in [1.807, 2.05) is 25.1 Å². The topological polar surface area (TPSA) is 44.5 Å². The van der Waals surface area contributed by atoms with Crippen molar-refractivity contribution in [3.05, 3.63) is 23.8 Å². The van der Waals surface area contributed by atoms with E-state index in [1.165, 1.54) is 0 Å². The van der Waals surface area contributed by atoms with E-state index in [1.54, 1.807) is 14.2 Å². The predicted octanol–water partition coefficient (Wildman–Crippen LogP) is 2.23. The van der Waals surface area contributed by atoms with Gasteiger partial charge in [0.2, 0.25) is 0 Å². The van der Waals surface area contributed by atoms with Crippen LogP contribution in [0, 0.1) is 0 Å². The van der Waals surface area contributed by atoms with Gasteiger partial charge in [0, 0.05) is 0 Å². The van der Waals surface area contributed by atoms with E-state index in [2.05, 4.69) is 15.9 Å². The van der Waals surface area contributed by atoms with Crippen LogP contribution in [0.2, 0.25) is 0 Å². The molecule has 0 aliphatic heterocycles. The van der Waals surface area contributed by atoms with Crippen LogP contribution in [-0.2, 0) is 4.45 Å². The number of hydrogen-bond donors (Lipinski definition) is 1. The molecule has 1 aromatic rings. The number of methoxy groups -OCH3 is 2. The van der Waals surface area contributed by atoms with Crippen molar-refractivity contribution >= 4 is 15.9 Å². The van der Waals surface area contributed by atoms with Gasteiger partial charge in [0.25, 0.3) is 0 Å². The standard InChI is InChI=1S/C10H14BrNO2/c1-10(11,12)7-4-5-8(13-2)9(6-7)14-3/h4-6H,12H2,1-3H3. The van der Waals surface area contributed by atoms with E-state index in [0.29, 0.717) is 11.5 Å². The van der Waals surface area contributed by atoms with Crippen molar-refractivity contribution in [1.29, 1.82) is 0 Å². The summed E-state index contributed by atoms with van der Waals surface area (Å²) in [5.74, 6) is 1.38. The highest BCUT2D eigenvalue weighted by molar-refractivity contribution is 9.09. The van der Waals surface area contributed by atoms with Gasteiger partial charge in [-0.2, -0.15) is 0 Å². The Labute approximate surface area is 92.3 Å². The Morgan fingerprint density at radius 2 is 1.79 bits per heavy atom. The smallest absolute Gasteiger partial charge is 0.161 e. The fourth-order valence-corrected chi connectivity index (χ4v) is 1.39. The molecule has 1 rings (SSSR count). The molecular weight excluding hydrogens is 246 g/mol. The van der Waals surface area contributed by atoms with Gasteiger partial charge in [-0.3, -0.25) is 0 Å². The summed E-state index contributed by atoms with van der Waals surface area (Å²) in [5.41, 5.74) is 6.83. The Kier molecular flexibility index (Phi) is 3.39. The highest BCUT2D eigenvalue weighted by Gasteiger charge is 2.18. The van der Waals surface area contributed by atoms with E-state index < -0.39 is 4.45 Å². The number of ether oxygens (including phenoxy) is 2. The molecule has 0 radical (unpaired) electrons. The number of alkyl halides is 1. The van der Waals surface area contributed by atoms with Gasteiger partial charge in [-0.25, -0.2) is 0 Å². The van der Waals surface area contributed by atoms with Gasteiger partial charge >= 0.3 is 0 Å². The van der Waals surface area contributed by atoms with Crippen LogP contribution in [0.5, 0.6) is 11.5 Å². The number of hydrogen-bond acceptors (Lipinski definition) is 3. The minimum Gasteiger partial charge on any atom is -0.493 e. The Morgan fingerprint density at radius 3 is 2.21 bits per heavy atom. The van der Waals surface area contributed by atoms with E-state index in [-0.39, 0.29) is 0 Å². The van der Waals surface area contributed by atoms with Crippen LogP contribution in [0.4, 0.5) is 0 Å². The molecule has 0 bridgehead atoms. The summed E-state index contributed by atoms with van der Waals surface area (Å²) in [6.45, 7) is 1.87. The molecule has 0 heterocycles. The monoisotopic (exact) mass is 259 g/mol. The molecule has 0 aromatic heterocycles. The molecule has 0 spiro atoms. The zero-order chi connectivity index (χ0) is 10.8. The lowest BCUT2D eigenvalue weighted by atomic mass is 10.1. The molecule has 78 valence electrons. The molecule has 3 nitrogen and oxygen atoms in total. The Hall–Kier alpha value is -0.740. The van der Waals surface area contributed by atoms with Gasteiger partial charge in [0.05, 0.1) is 18.7 Å². The molecule has 14 heavy (non-hydrogen) atoms. The van der Waals surface area contributed by atoms with Gasteiger partial charge < -0.3 is 15.2 Å². The fraction of sp³-hybridized carbons (Fsp3) is 0.400. The summed E-state index contributed by atoms with van der Waals surface area (Å²) in [6.07, 6.45) is 0. The fourth-order valence-electron chi connectivity index (χ4n) is 1.14. The van der Waals surface area contributed by atoms with Crippen molar-refractivity contribution < 1.29 is 9.47 Å². The zero-order valence-corrected chi connectivity index (χ0v) is 10.1. The molecule has 0 saturated carbocycles. The molecule has 4 heteroatoms. The molecule has 1 atom stereocenters. The second kappa shape index (κ2) is 4.19. The van der Waals surface area contributed by atoms with Crippen LogP contribution < -0.4 is 15.2 Å². The van der Waals surface area contributed by atoms with Crippen molar-refractivity contribution in [2.75, 3.05) is 14.2 Å². The van der Waals surface area contributed by atoms with Crippen molar-refractivity contribution in [3.63, 3.8) is 0 Å². The van der Waals surface area contributed by atoms with E-state index in [0.717, 1.165) is 5.56 Å². The summed E-state index contributed by atoms with van der Waals surface area (Å²) < 4.78 is 9.74. The number of halogens is 1. The number of nitrogens with two attached hydrogens (primary N) is 1. The number of benzene rings is 1. The first kappa shape index (κ1) is 11.3. The van der Waals surface area contributed by atoms with Crippen LogP contribution in [0.3, 0.4) is 0 Å². The molecule has 1 unspecified atom stereocenters. The average molecular weight is 260 g/mol. The Bertz CT molecular complexity index is 320. The molecular formula is C10H14BrNO2. The highest BCUT2D eigenvalue weighted by Crippen LogP contribution is 2.33. The van der Waals surface area contributed by atoms with Crippen LogP contribution in [-0.4, -0.2) is 14.2 Å². The molecule has 2 N–H and O–H groups in total. The van der Waals surface area contributed by atoms with Gasteiger partial charge in [0.1, 0.15) is 0 Å². The summed E-state index contributed by atoms with van der Waals surface area (Å²) in [6, 6.07) is 5.59. The van der Waals surface area contributed by atoms with Crippen molar-refractivity contribution in [1.82, 2.24) is 0 Å². The van der Waals surface area contributed by atoms with E-state index in [9.17, 15) is 0 Å². The molecule has 0 aliphatic carbocycles. The van der Waals surface area contributed by atoms with Gasteiger partial charge in [-0.15, -0.1) is 0 Å². The predicted molar refractivity (Wildman–Crippen MR) is 60.0 cm³/mol. The zero-order valence-electron chi connectivity index (χ0n) is 8.50. The average Bonchev–Trinajstić information content (AvgIpc) is 2.15. The largest absolute Gasteiger partial charge is 0.493 e. The summed E-state index contributed by atoms with van der Waals surface area (Å²) in [5, 5.41) is 0. The normalized spacial score (nSPS) is 14.6. The lowest BCUT2D eigenvalue weighted by Gasteiger charge is -2.18. The van der Waals surface area contributed by atoms with Crippen LogP contribution in [0.1, 0.15) is 12.5 Å². The summed E-state index contributed by atoms with van der Waals surface area (Å²) >= 11 is 3.38. The van der Waals surface area contributed by atoms with Crippen molar-refractivity contribution in [2.45, 2.75) is 11.4 Å².